The Balaban J connectivity index is 1.49. The molecule has 2 heterocycles. The van der Waals surface area contributed by atoms with Gasteiger partial charge in [0, 0.05) is 27.3 Å². The van der Waals surface area contributed by atoms with E-state index in [9.17, 15) is 4.79 Å². The first-order chi connectivity index (χ1) is 12.8. The van der Waals surface area contributed by atoms with Crippen molar-refractivity contribution in [2.75, 3.05) is 18.5 Å². The standard InChI is InChI=1S/C20H17NO3S2/c22-20(21-14-7-8-17-18(12-14)24-10-9-23-17)16-5-1-2-6-19(16)26-13-15-4-3-11-25-15/h1-8,11-12H,9-10,13H2,(H,21,22). The van der Waals surface area contributed by atoms with Gasteiger partial charge in [-0.3, -0.25) is 4.79 Å². The van der Waals surface area contributed by atoms with Gasteiger partial charge in [0.2, 0.25) is 0 Å². The van der Waals surface area contributed by atoms with Crippen molar-refractivity contribution in [2.45, 2.75) is 10.6 Å². The van der Waals surface area contributed by atoms with Gasteiger partial charge in [0.15, 0.2) is 11.5 Å². The van der Waals surface area contributed by atoms with Crippen LogP contribution in [0, 0.1) is 0 Å². The zero-order valence-electron chi connectivity index (χ0n) is 13.9. The quantitative estimate of drug-likeness (QED) is 0.625. The van der Waals surface area contributed by atoms with E-state index < -0.39 is 0 Å². The van der Waals surface area contributed by atoms with Crippen molar-refractivity contribution < 1.29 is 14.3 Å². The summed E-state index contributed by atoms with van der Waals surface area (Å²) in [5.74, 6) is 2.10. The van der Waals surface area contributed by atoms with Crippen LogP contribution in [0.15, 0.2) is 64.9 Å². The SMILES string of the molecule is O=C(Nc1ccc2c(c1)OCCO2)c1ccccc1SCc1cccs1. The molecule has 2 aromatic carbocycles. The minimum absolute atomic E-state index is 0.129. The lowest BCUT2D eigenvalue weighted by Crippen LogP contribution is -2.16. The lowest BCUT2D eigenvalue weighted by Gasteiger charge is -2.19. The molecule has 0 aliphatic carbocycles. The fourth-order valence-corrected chi connectivity index (χ4v) is 4.47. The van der Waals surface area contributed by atoms with Crippen molar-refractivity contribution >= 4 is 34.7 Å². The molecule has 0 fully saturated rings. The molecule has 0 unspecified atom stereocenters. The van der Waals surface area contributed by atoms with Crippen LogP contribution in [0.25, 0.3) is 0 Å². The average Bonchev–Trinajstić information content (AvgIpc) is 3.20. The topological polar surface area (TPSA) is 47.6 Å². The summed E-state index contributed by atoms with van der Waals surface area (Å²) in [5, 5.41) is 5.02. The first-order valence-corrected chi connectivity index (χ1v) is 10.1. The van der Waals surface area contributed by atoms with Gasteiger partial charge < -0.3 is 14.8 Å². The molecule has 6 heteroatoms. The van der Waals surface area contributed by atoms with Crippen LogP contribution >= 0.6 is 23.1 Å². The van der Waals surface area contributed by atoms with E-state index in [0.717, 1.165) is 10.6 Å². The maximum atomic E-state index is 12.8. The summed E-state index contributed by atoms with van der Waals surface area (Å²) < 4.78 is 11.1. The van der Waals surface area contributed by atoms with Crippen LogP contribution in [0.2, 0.25) is 0 Å². The monoisotopic (exact) mass is 383 g/mol. The largest absolute Gasteiger partial charge is 0.486 e. The van der Waals surface area contributed by atoms with E-state index in [1.807, 2.05) is 42.5 Å². The summed E-state index contributed by atoms with van der Waals surface area (Å²) in [4.78, 5) is 15.0. The summed E-state index contributed by atoms with van der Waals surface area (Å²) in [6.45, 7) is 1.07. The number of anilines is 1. The third kappa shape index (κ3) is 3.86. The third-order valence-corrected chi connectivity index (χ3v) is 6.06. The first-order valence-electron chi connectivity index (χ1n) is 8.25. The maximum absolute atomic E-state index is 12.8. The highest BCUT2D eigenvalue weighted by atomic mass is 32.2. The predicted octanol–water partition coefficient (Wildman–Crippen LogP) is 5.06. The Morgan fingerprint density at radius 3 is 2.73 bits per heavy atom. The number of amides is 1. The van der Waals surface area contributed by atoms with Crippen LogP contribution < -0.4 is 14.8 Å². The summed E-state index contributed by atoms with van der Waals surface area (Å²) in [6, 6.07) is 17.3. The molecule has 1 aromatic heterocycles. The highest BCUT2D eigenvalue weighted by molar-refractivity contribution is 7.98. The summed E-state index contributed by atoms with van der Waals surface area (Å²) >= 11 is 3.40. The number of fused-ring (bicyclic) bond motifs is 1. The molecular weight excluding hydrogens is 366 g/mol. The van der Waals surface area contributed by atoms with Gasteiger partial charge in [-0.2, -0.15) is 0 Å². The molecule has 1 N–H and O–H groups in total. The van der Waals surface area contributed by atoms with E-state index in [4.69, 9.17) is 9.47 Å². The number of ether oxygens (including phenoxy) is 2. The Labute approximate surface area is 160 Å². The second-order valence-corrected chi connectivity index (χ2v) is 7.73. The predicted molar refractivity (Wildman–Crippen MR) is 106 cm³/mol. The summed E-state index contributed by atoms with van der Waals surface area (Å²) in [6.07, 6.45) is 0. The number of thioether (sulfide) groups is 1. The number of nitrogens with one attached hydrogen (secondary N) is 1. The number of thiophene rings is 1. The summed E-state index contributed by atoms with van der Waals surface area (Å²) in [7, 11) is 0. The molecule has 3 aromatic rings. The molecule has 0 atom stereocenters. The second kappa shape index (κ2) is 7.85. The molecule has 0 bridgehead atoms. The molecular formula is C20H17NO3S2. The fourth-order valence-electron chi connectivity index (χ4n) is 2.64. The Morgan fingerprint density at radius 2 is 1.88 bits per heavy atom. The zero-order valence-corrected chi connectivity index (χ0v) is 15.6. The molecule has 4 rings (SSSR count). The Kier molecular flexibility index (Phi) is 5.13. The number of rotatable bonds is 5. The number of carbonyl (C=O) groups is 1. The van der Waals surface area contributed by atoms with Crippen molar-refractivity contribution in [1.29, 1.82) is 0 Å². The highest BCUT2D eigenvalue weighted by Crippen LogP contribution is 2.33. The van der Waals surface area contributed by atoms with E-state index in [1.165, 1.54) is 4.88 Å². The van der Waals surface area contributed by atoms with Crippen LogP contribution in [0.1, 0.15) is 15.2 Å². The first kappa shape index (κ1) is 17.0. The van der Waals surface area contributed by atoms with Gasteiger partial charge in [0.25, 0.3) is 5.91 Å². The molecule has 0 saturated heterocycles. The number of carbonyl (C=O) groups excluding carboxylic acids is 1. The van der Waals surface area contributed by atoms with Crippen molar-refractivity contribution in [2.24, 2.45) is 0 Å². The Bertz CT molecular complexity index is 909. The minimum atomic E-state index is -0.129. The van der Waals surface area contributed by atoms with Gasteiger partial charge in [0.05, 0.1) is 5.56 Å². The molecule has 26 heavy (non-hydrogen) atoms. The van der Waals surface area contributed by atoms with E-state index >= 15 is 0 Å². The molecule has 1 aliphatic rings. The number of benzene rings is 2. The van der Waals surface area contributed by atoms with Crippen molar-refractivity contribution in [3.05, 3.63) is 70.4 Å². The van der Waals surface area contributed by atoms with Gasteiger partial charge >= 0.3 is 0 Å². The van der Waals surface area contributed by atoms with Gasteiger partial charge in [0.1, 0.15) is 13.2 Å². The van der Waals surface area contributed by atoms with Gasteiger partial charge in [-0.25, -0.2) is 0 Å². The summed E-state index contributed by atoms with van der Waals surface area (Å²) in [5.41, 5.74) is 1.36. The molecule has 1 aliphatic heterocycles. The molecule has 132 valence electrons. The molecule has 0 saturated carbocycles. The molecule has 0 spiro atoms. The molecule has 4 nitrogen and oxygen atoms in total. The Hall–Kier alpha value is -2.44. The zero-order chi connectivity index (χ0) is 17.8. The maximum Gasteiger partial charge on any atom is 0.256 e. The fraction of sp³-hybridized carbons (Fsp3) is 0.150. The van der Waals surface area contributed by atoms with Gasteiger partial charge in [-0.1, -0.05) is 18.2 Å². The third-order valence-electron chi connectivity index (χ3n) is 3.88. The second-order valence-electron chi connectivity index (χ2n) is 5.68. The smallest absolute Gasteiger partial charge is 0.256 e. The van der Waals surface area contributed by atoms with E-state index in [0.29, 0.717) is 36.0 Å². The highest BCUT2D eigenvalue weighted by Gasteiger charge is 2.15. The van der Waals surface area contributed by atoms with Crippen molar-refractivity contribution in [3.63, 3.8) is 0 Å². The number of hydrogen-bond acceptors (Lipinski definition) is 5. The normalized spacial score (nSPS) is 12.6. The molecule has 1 amide bonds. The Morgan fingerprint density at radius 1 is 1.04 bits per heavy atom. The van der Waals surface area contributed by atoms with E-state index in [-0.39, 0.29) is 5.91 Å². The number of hydrogen-bond donors (Lipinski definition) is 1. The van der Waals surface area contributed by atoms with E-state index in [1.54, 1.807) is 29.2 Å². The lowest BCUT2D eigenvalue weighted by atomic mass is 10.2. The van der Waals surface area contributed by atoms with Gasteiger partial charge in [-0.15, -0.1) is 23.1 Å². The van der Waals surface area contributed by atoms with Crippen LogP contribution in [0.5, 0.6) is 11.5 Å². The van der Waals surface area contributed by atoms with Crippen LogP contribution in [-0.2, 0) is 5.75 Å². The minimum Gasteiger partial charge on any atom is -0.486 e. The van der Waals surface area contributed by atoms with Crippen LogP contribution in [-0.4, -0.2) is 19.1 Å². The van der Waals surface area contributed by atoms with Crippen molar-refractivity contribution in [1.82, 2.24) is 0 Å². The lowest BCUT2D eigenvalue weighted by molar-refractivity contribution is 0.102. The molecule has 0 radical (unpaired) electrons. The van der Waals surface area contributed by atoms with E-state index in [2.05, 4.69) is 16.8 Å². The average molecular weight is 383 g/mol. The van der Waals surface area contributed by atoms with Crippen LogP contribution in [0.3, 0.4) is 0 Å². The van der Waals surface area contributed by atoms with Gasteiger partial charge in [-0.05, 0) is 35.7 Å². The van der Waals surface area contributed by atoms with Crippen LogP contribution in [0.4, 0.5) is 5.69 Å². The van der Waals surface area contributed by atoms with Crippen molar-refractivity contribution in [3.8, 4) is 11.5 Å².